The Morgan fingerprint density at radius 1 is 1.21 bits per heavy atom. The van der Waals surface area contributed by atoms with Gasteiger partial charge in [-0.2, -0.15) is 0 Å². The molecule has 0 aliphatic carbocycles. The van der Waals surface area contributed by atoms with E-state index in [0.717, 1.165) is 0 Å². The lowest BCUT2D eigenvalue weighted by Crippen LogP contribution is -2.08. The number of esters is 1. The standard InChI is InChI=1S/C14H11BrFNO2/c15-13-9(4-3-6-11(13)16)8-19-14(18)10-5-1-2-7-12(10)17/h1-7H,8,17H2. The molecule has 0 bridgehead atoms. The van der Waals surface area contributed by atoms with Gasteiger partial charge in [-0.25, -0.2) is 9.18 Å². The SMILES string of the molecule is Nc1ccccc1C(=O)OCc1cccc(F)c1Br. The van der Waals surface area contributed by atoms with Crippen molar-refractivity contribution in [1.29, 1.82) is 0 Å². The van der Waals surface area contributed by atoms with Crippen LogP contribution in [0.2, 0.25) is 0 Å². The second-order valence-electron chi connectivity index (χ2n) is 3.88. The van der Waals surface area contributed by atoms with Crippen molar-refractivity contribution in [2.24, 2.45) is 0 Å². The fourth-order valence-electron chi connectivity index (χ4n) is 1.56. The van der Waals surface area contributed by atoms with Crippen LogP contribution in [0.3, 0.4) is 0 Å². The summed E-state index contributed by atoms with van der Waals surface area (Å²) in [4.78, 5) is 11.8. The van der Waals surface area contributed by atoms with Crippen molar-refractivity contribution in [3.63, 3.8) is 0 Å². The second kappa shape index (κ2) is 5.84. The number of carbonyl (C=O) groups is 1. The highest BCUT2D eigenvalue weighted by Gasteiger charge is 2.12. The van der Waals surface area contributed by atoms with E-state index in [9.17, 15) is 9.18 Å². The summed E-state index contributed by atoms with van der Waals surface area (Å²) in [5.41, 5.74) is 6.89. The van der Waals surface area contributed by atoms with E-state index < -0.39 is 11.8 Å². The Morgan fingerprint density at radius 2 is 1.95 bits per heavy atom. The number of anilines is 1. The first-order valence-electron chi connectivity index (χ1n) is 5.54. The lowest BCUT2D eigenvalue weighted by atomic mass is 10.2. The number of benzene rings is 2. The average Bonchev–Trinajstić information content (AvgIpc) is 2.40. The molecule has 0 heterocycles. The van der Waals surface area contributed by atoms with Crippen molar-refractivity contribution in [3.05, 3.63) is 63.9 Å². The van der Waals surface area contributed by atoms with Gasteiger partial charge >= 0.3 is 5.97 Å². The van der Waals surface area contributed by atoms with Gasteiger partial charge in [0.1, 0.15) is 12.4 Å². The molecule has 2 aromatic rings. The van der Waals surface area contributed by atoms with Crippen molar-refractivity contribution >= 4 is 27.6 Å². The lowest BCUT2D eigenvalue weighted by Gasteiger charge is -2.08. The molecule has 0 radical (unpaired) electrons. The fourth-order valence-corrected chi connectivity index (χ4v) is 1.94. The molecule has 0 spiro atoms. The number of para-hydroxylation sites is 1. The van der Waals surface area contributed by atoms with Crippen LogP contribution >= 0.6 is 15.9 Å². The Balaban J connectivity index is 2.09. The van der Waals surface area contributed by atoms with Crippen LogP contribution in [0, 0.1) is 5.82 Å². The summed E-state index contributed by atoms with van der Waals surface area (Å²) in [7, 11) is 0. The van der Waals surface area contributed by atoms with Crippen LogP contribution in [0.15, 0.2) is 46.9 Å². The third kappa shape index (κ3) is 3.12. The van der Waals surface area contributed by atoms with Crippen LogP contribution in [0.5, 0.6) is 0 Å². The van der Waals surface area contributed by atoms with Crippen LogP contribution in [-0.4, -0.2) is 5.97 Å². The topological polar surface area (TPSA) is 52.3 Å². The van der Waals surface area contributed by atoms with Gasteiger partial charge in [0.25, 0.3) is 0 Å². The number of hydrogen-bond donors (Lipinski definition) is 1. The van der Waals surface area contributed by atoms with Gasteiger partial charge in [-0.3, -0.25) is 0 Å². The van der Waals surface area contributed by atoms with Gasteiger partial charge in [0.15, 0.2) is 0 Å². The number of ether oxygens (including phenoxy) is 1. The molecule has 0 saturated carbocycles. The highest BCUT2D eigenvalue weighted by Crippen LogP contribution is 2.22. The van der Waals surface area contributed by atoms with Gasteiger partial charge in [-0.15, -0.1) is 0 Å². The van der Waals surface area contributed by atoms with E-state index in [-0.39, 0.29) is 6.61 Å². The molecule has 19 heavy (non-hydrogen) atoms. The summed E-state index contributed by atoms with van der Waals surface area (Å²) < 4.78 is 18.7. The summed E-state index contributed by atoms with van der Waals surface area (Å²) >= 11 is 3.11. The largest absolute Gasteiger partial charge is 0.457 e. The molecule has 3 nitrogen and oxygen atoms in total. The van der Waals surface area contributed by atoms with E-state index in [1.165, 1.54) is 6.07 Å². The number of nitrogens with two attached hydrogens (primary N) is 1. The molecule has 0 aromatic heterocycles. The molecule has 2 rings (SSSR count). The fraction of sp³-hybridized carbons (Fsp3) is 0.0714. The smallest absolute Gasteiger partial charge is 0.340 e. The minimum Gasteiger partial charge on any atom is -0.457 e. The third-order valence-electron chi connectivity index (χ3n) is 2.57. The normalized spacial score (nSPS) is 10.2. The molecule has 0 aliphatic rings. The number of nitrogen functional groups attached to an aromatic ring is 1. The van der Waals surface area contributed by atoms with E-state index in [4.69, 9.17) is 10.5 Å². The quantitative estimate of drug-likeness (QED) is 0.694. The van der Waals surface area contributed by atoms with Crippen molar-refractivity contribution in [1.82, 2.24) is 0 Å². The van der Waals surface area contributed by atoms with Crippen LogP contribution in [0.4, 0.5) is 10.1 Å². The van der Waals surface area contributed by atoms with Gasteiger partial charge in [0.2, 0.25) is 0 Å². The van der Waals surface area contributed by atoms with Crippen LogP contribution in [-0.2, 0) is 11.3 Å². The van der Waals surface area contributed by atoms with E-state index in [2.05, 4.69) is 15.9 Å². The summed E-state index contributed by atoms with van der Waals surface area (Å²) in [5, 5.41) is 0. The van der Waals surface area contributed by atoms with E-state index in [1.54, 1.807) is 36.4 Å². The van der Waals surface area contributed by atoms with Crippen molar-refractivity contribution < 1.29 is 13.9 Å². The van der Waals surface area contributed by atoms with Gasteiger partial charge in [-0.1, -0.05) is 24.3 Å². The molecule has 0 aliphatic heterocycles. The first-order chi connectivity index (χ1) is 9.09. The Kier molecular flexibility index (Phi) is 4.16. The van der Waals surface area contributed by atoms with Crippen molar-refractivity contribution in [2.45, 2.75) is 6.61 Å². The number of hydrogen-bond acceptors (Lipinski definition) is 3. The molecule has 0 unspecified atom stereocenters. The predicted molar refractivity (Wildman–Crippen MR) is 74.1 cm³/mol. The molecule has 0 atom stereocenters. The Hall–Kier alpha value is -1.88. The van der Waals surface area contributed by atoms with Crippen LogP contribution in [0.25, 0.3) is 0 Å². The average molecular weight is 324 g/mol. The Morgan fingerprint density at radius 3 is 2.68 bits per heavy atom. The highest BCUT2D eigenvalue weighted by atomic mass is 79.9. The molecule has 0 saturated heterocycles. The maximum atomic E-state index is 13.3. The van der Waals surface area contributed by atoms with Gasteiger partial charge < -0.3 is 10.5 Å². The van der Waals surface area contributed by atoms with Crippen molar-refractivity contribution in [2.75, 3.05) is 5.73 Å². The Labute approximate surface area is 118 Å². The predicted octanol–water partition coefficient (Wildman–Crippen LogP) is 3.53. The number of halogens is 2. The monoisotopic (exact) mass is 323 g/mol. The lowest BCUT2D eigenvalue weighted by molar-refractivity contribution is 0.0472. The molecular weight excluding hydrogens is 313 g/mol. The molecule has 2 aromatic carbocycles. The first-order valence-corrected chi connectivity index (χ1v) is 6.33. The maximum absolute atomic E-state index is 13.3. The summed E-state index contributed by atoms with van der Waals surface area (Å²) in [6, 6.07) is 11.2. The molecule has 5 heteroatoms. The molecule has 2 N–H and O–H groups in total. The first kappa shape index (κ1) is 13.5. The van der Waals surface area contributed by atoms with E-state index >= 15 is 0 Å². The zero-order valence-electron chi connectivity index (χ0n) is 9.90. The molecular formula is C14H11BrFNO2. The van der Waals surface area contributed by atoms with Gasteiger partial charge in [0, 0.05) is 11.3 Å². The zero-order chi connectivity index (χ0) is 13.8. The molecule has 98 valence electrons. The van der Waals surface area contributed by atoms with Gasteiger partial charge in [-0.05, 0) is 34.1 Å². The minimum absolute atomic E-state index is 0.0223. The number of rotatable bonds is 3. The zero-order valence-corrected chi connectivity index (χ0v) is 11.5. The molecule has 0 fully saturated rings. The van der Waals surface area contributed by atoms with Crippen molar-refractivity contribution in [3.8, 4) is 0 Å². The van der Waals surface area contributed by atoms with E-state index in [0.29, 0.717) is 21.3 Å². The maximum Gasteiger partial charge on any atom is 0.340 e. The summed E-state index contributed by atoms with van der Waals surface area (Å²) in [5.74, 6) is -0.929. The third-order valence-corrected chi connectivity index (χ3v) is 3.46. The summed E-state index contributed by atoms with van der Waals surface area (Å²) in [6.45, 7) is -0.0223. The van der Waals surface area contributed by atoms with Crippen LogP contribution < -0.4 is 5.73 Å². The number of carbonyl (C=O) groups excluding carboxylic acids is 1. The van der Waals surface area contributed by atoms with Gasteiger partial charge in [0.05, 0.1) is 10.0 Å². The second-order valence-corrected chi connectivity index (χ2v) is 4.67. The highest BCUT2D eigenvalue weighted by molar-refractivity contribution is 9.10. The molecule has 0 amide bonds. The van der Waals surface area contributed by atoms with E-state index in [1.807, 2.05) is 0 Å². The van der Waals surface area contributed by atoms with Crippen LogP contribution in [0.1, 0.15) is 15.9 Å². The minimum atomic E-state index is -0.533. The summed E-state index contributed by atoms with van der Waals surface area (Å²) in [6.07, 6.45) is 0. The Bertz CT molecular complexity index is 616.